The molecule has 0 saturated heterocycles. The molecule has 0 fully saturated rings. The zero-order valence-corrected chi connectivity index (χ0v) is 18.0. The third kappa shape index (κ3) is 3.61. The van der Waals surface area contributed by atoms with Crippen LogP contribution in [0.1, 0.15) is 27.0 Å². The number of nitrogens with one attached hydrogen (secondary N) is 1. The molecular weight excluding hydrogens is 450 g/mol. The van der Waals surface area contributed by atoms with Gasteiger partial charge in [-0.1, -0.05) is 6.58 Å². The molecule has 1 N–H and O–H groups in total. The van der Waals surface area contributed by atoms with E-state index in [0.717, 1.165) is 18.2 Å². The number of aryl methyl sites for hydroxylation is 1. The first-order valence-electron chi connectivity index (χ1n) is 9.96. The van der Waals surface area contributed by atoms with Gasteiger partial charge < -0.3 is 5.32 Å². The Balaban J connectivity index is 1.88. The highest BCUT2D eigenvalue weighted by atomic mass is 19.4. The van der Waals surface area contributed by atoms with Crippen molar-refractivity contribution in [2.75, 3.05) is 16.8 Å². The molecule has 1 amide bonds. The van der Waals surface area contributed by atoms with Gasteiger partial charge in [0.25, 0.3) is 5.91 Å². The Morgan fingerprint density at radius 3 is 2.41 bits per heavy atom. The molecule has 1 aliphatic rings. The normalized spacial score (nSPS) is 13.0. The summed E-state index contributed by atoms with van der Waals surface area (Å²) in [5.41, 5.74) is -0.152. The Morgan fingerprint density at radius 2 is 1.79 bits per heavy atom. The molecular formula is C24H17F4N5O. The number of nitriles is 1. The number of nitrogens with zero attached hydrogens (tertiary/aromatic N) is 4. The lowest BCUT2D eigenvalue weighted by Gasteiger charge is -2.25. The van der Waals surface area contributed by atoms with Crippen LogP contribution in [0.5, 0.6) is 0 Å². The van der Waals surface area contributed by atoms with Crippen LogP contribution >= 0.6 is 0 Å². The third-order valence-electron chi connectivity index (χ3n) is 5.43. The molecule has 0 radical (unpaired) electrons. The Labute approximate surface area is 192 Å². The number of aromatic nitrogens is 1. The van der Waals surface area contributed by atoms with Crippen molar-refractivity contribution in [1.29, 1.82) is 5.26 Å². The summed E-state index contributed by atoms with van der Waals surface area (Å²) in [5, 5.41) is 11.5. The molecule has 1 aromatic heterocycles. The predicted molar refractivity (Wildman–Crippen MR) is 118 cm³/mol. The second-order valence-electron chi connectivity index (χ2n) is 7.47. The molecule has 0 spiro atoms. The van der Waals surface area contributed by atoms with E-state index in [4.69, 9.17) is 5.26 Å². The lowest BCUT2D eigenvalue weighted by atomic mass is 10.1. The van der Waals surface area contributed by atoms with E-state index in [0.29, 0.717) is 22.8 Å². The molecule has 0 aliphatic carbocycles. The zero-order chi connectivity index (χ0) is 24.8. The van der Waals surface area contributed by atoms with E-state index in [1.807, 2.05) is 0 Å². The van der Waals surface area contributed by atoms with Gasteiger partial charge in [0, 0.05) is 18.9 Å². The van der Waals surface area contributed by atoms with E-state index in [1.165, 1.54) is 36.3 Å². The van der Waals surface area contributed by atoms with Crippen LogP contribution in [-0.4, -0.2) is 17.9 Å². The number of hydrogen-bond donors (Lipinski definition) is 1. The summed E-state index contributed by atoms with van der Waals surface area (Å²) in [4.78, 5) is 19.2. The van der Waals surface area contributed by atoms with Crippen LogP contribution in [0, 0.1) is 24.1 Å². The van der Waals surface area contributed by atoms with Crippen LogP contribution in [-0.2, 0) is 6.18 Å². The van der Waals surface area contributed by atoms with E-state index >= 15 is 0 Å². The Hall–Kier alpha value is -4.39. The van der Waals surface area contributed by atoms with Gasteiger partial charge >= 0.3 is 6.18 Å². The highest BCUT2D eigenvalue weighted by Crippen LogP contribution is 2.50. The first-order valence-corrected chi connectivity index (χ1v) is 9.96. The van der Waals surface area contributed by atoms with Gasteiger partial charge in [-0.2, -0.15) is 18.4 Å². The minimum Gasteiger partial charge on any atom is -0.355 e. The average Bonchev–Trinajstić information content (AvgIpc) is 3.10. The smallest absolute Gasteiger partial charge is 0.355 e. The molecule has 0 saturated carbocycles. The van der Waals surface area contributed by atoms with Crippen molar-refractivity contribution in [3.05, 3.63) is 89.1 Å². The quantitative estimate of drug-likeness (QED) is 0.512. The molecule has 10 heteroatoms. The number of hydrogen-bond acceptors (Lipinski definition) is 5. The third-order valence-corrected chi connectivity index (χ3v) is 5.43. The Morgan fingerprint density at radius 1 is 1.12 bits per heavy atom. The zero-order valence-electron chi connectivity index (χ0n) is 18.0. The summed E-state index contributed by atoms with van der Waals surface area (Å²) >= 11 is 0. The molecule has 0 atom stereocenters. The first kappa shape index (κ1) is 22.8. The number of fused-ring (bicyclic) bond motifs is 1. The predicted octanol–water partition coefficient (Wildman–Crippen LogP) is 5.54. The summed E-state index contributed by atoms with van der Waals surface area (Å²) in [7, 11) is 1.38. The number of benzene rings is 2. The van der Waals surface area contributed by atoms with Crippen molar-refractivity contribution in [1.82, 2.24) is 10.3 Å². The van der Waals surface area contributed by atoms with Crippen molar-refractivity contribution < 1.29 is 22.4 Å². The van der Waals surface area contributed by atoms with Gasteiger partial charge in [0.2, 0.25) is 0 Å². The molecule has 34 heavy (non-hydrogen) atoms. The minimum atomic E-state index is -4.75. The lowest BCUT2D eigenvalue weighted by Crippen LogP contribution is -2.22. The maximum Gasteiger partial charge on any atom is 0.417 e. The minimum absolute atomic E-state index is 0.0839. The number of amides is 1. The van der Waals surface area contributed by atoms with E-state index in [2.05, 4.69) is 16.9 Å². The summed E-state index contributed by atoms with van der Waals surface area (Å²) in [6.45, 7) is 5.80. The number of carbonyl (C=O) groups is 1. The van der Waals surface area contributed by atoms with Crippen LogP contribution in [0.4, 0.5) is 40.4 Å². The van der Waals surface area contributed by atoms with Crippen molar-refractivity contribution in [2.24, 2.45) is 0 Å². The largest absolute Gasteiger partial charge is 0.417 e. The topological polar surface area (TPSA) is 72.3 Å². The van der Waals surface area contributed by atoms with Gasteiger partial charge in [-0.05, 0) is 55.0 Å². The van der Waals surface area contributed by atoms with Gasteiger partial charge in [-0.15, -0.1) is 0 Å². The van der Waals surface area contributed by atoms with E-state index < -0.39 is 29.0 Å². The number of anilines is 4. The fourth-order valence-corrected chi connectivity index (χ4v) is 3.84. The molecule has 3 aromatic rings. The summed E-state index contributed by atoms with van der Waals surface area (Å²) in [5.74, 6) is -0.884. The summed E-state index contributed by atoms with van der Waals surface area (Å²) < 4.78 is 55.5. The number of rotatable bonds is 3. The molecule has 6 nitrogen and oxygen atoms in total. The molecule has 2 heterocycles. The van der Waals surface area contributed by atoms with Gasteiger partial charge in [-0.3, -0.25) is 14.6 Å². The number of pyridine rings is 1. The second-order valence-corrected chi connectivity index (χ2v) is 7.47. The van der Waals surface area contributed by atoms with Crippen LogP contribution in [0.3, 0.4) is 0 Å². The Kier molecular flexibility index (Phi) is 5.49. The highest BCUT2D eigenvalue weighted by molar-refractivity contribution is 5.96. The van der Waals surface area contributed by atoms with Gasteiger partial charge in [-0.25, -0.2) is 9.37 Å². The van der Waals surface area contributed by atoms with Crippen molar-refractivity contribution in [3.8, 4) is 6.07 Å². The van der Waals surface area contributed by atoms with E-state index in [9.17, 15) is 22.4 Å². The first-order chi connectivity index (χ1) is 16.1. The molecule has 2 aromatic carbocycles. The number of alkyl halides is 3. The van der Waals surface area contributed by atoms with Crippen molar-refractivity contribution in [2.45, 2.75) is 13.1 Å². The highest BCUT2D eigenvalue weighted by Gasteiger charge is 2.38. The fraction of sp³-hybridized carbons (Fsp3) is 0.125. The molecule has 0 bridgehead atoms. The van der Waals surface area contributed by atoms with E-state index in [1.54, 1.807) is 24.0 Å². The molecule has 1 aliphatic heterocycles. The van der Waals surface area contributed by atoms with E-state index in [-0.39, 0.29) is 17.1 Å². The maximum absolute atomic E-state index is 14.7. The average molecular weight is 467 g/mol. The molecule has 172 valence electrons. The summed E-state index contributed by atoms with van der Waals surface area (Å²) in [6.07, 6.45) is -3.25. The standard InChI is InChI=1S/C24H17F4N5O/c1-13-8-9-31-22-21(13)32(17-6-7-18(20(25)11-17)23(34)30-3)14(2)33(22)16-5-4-15(12-29)19(10-16)24(26,27)28/h4-11H,2H2,1,3H3,(H,30,34). The fourth-order valence-electron chi connectivity index (χ4n) is 3.84. The number of carbonyl (C=O) groups excluding carboxylic acids is 1. The second kappa shape index (κ2) is 8.19. The Bertz CT molecular complexity index is 1380. The van der Waals surface area contributed by atoms with Crippen LogP contribution in [0.2, 0.25) is 0 Å². The van der Waals surface area contributed by atoms with Crippen molar-refractivity contribution >= 4 is 28.8 Å². The van der Waals surface area contributed by atoms with Crippen LogP contribution in [0.25, 0.3) is 0 Å². The van der Waals surface area contributed by atoms with Gasteiger partial charge in [0.1, 0.15) is 11.6 Å². The van der Waals surface area contributed by atoms with Gasteiger partial charge in [0.15, 0.2) is 5.82 Å². The monoisotopic (exact) mass is 467 g/mol. The van der Waals surface area contributed by atoms with Crippen molar-refractivity contribution in [3.63, 3.8) is 0 Å². The van der Waals surface area contributed by atoms with Gasteiger partial charge in [0.05, 0.1) is 34.1 Å². The summed E-state index contributed by atoms with van der Waals surface area (Å²) in [6, 6.07) is 10.5. The van der Waals surface area contributed by atoms with Crippen LogP contribution in [0.15, 0.2) is 61.1 Å². The maximum atomic E-state index is 14.7. The lowest BCUT2D eigenvalue weighted by molar-refractivity contribution is -0.137. The SMILES string of the molecule is C=C1N(c2ccc(C#N)c(C(F)(F)F)c2)c2nccc(C)c2N1c1ccc(C(=O)NC)c(F)c1. The molecule has 0 unspecified atom stereocenters. The molecule has 4 rings (SSSR count). The van der Waals surface area contributed by atoms with Crippen LogP contribution < -0.4 is 15.1 Å². The number of halogens is 4.